The van der Waals surface area contributed by atoms with Crippen LogP contribution in [0, 0.1) is 12.7 Å². The normalized spacial score (nSPS) is 12.7. The molecule has 2 rings (SSSR count). The van der Waals surface area contributed by atoms with Gasteiger partial charge in [-0.1, -0.05) is 17.7 Å². The molecule has 0 aliphatic carbocycles. The summed E-state index contributed by atoms with van der Waals surface area (Å²) >= 11 is 7.16. The monoisotopic (exact) mass is 270 g/mol. The lowest BCUT2D eigenvalue weighted by Gasteiger charge is -2.10. The number of nitrogens with two attached hydrogens (primary N) is 1. The van der Waals surface area contributed by atoms with Gasteiger partial charge in [-0.2, -0.15) is 0 Å². The van der Waals surface area contributed by atoms with Crippen molar-refractivity contribution in [2.45, 2.75) is 19.4 Å². The van der Waals surface area contributed by atoms with Gasteiger partial charge in [0.1, 0.15) is 5.82 Å². The van der Waals surface area contributed by atoms with Crippen LogP contribution in [0.4, 0.5) is 4.39 Å². The highest BCUT2D eigenvalue weighted by Crippen LogP contribution is 2.24. The number of benzene rings is 1. The first-order chi connectivity index (χ1) is 8.08. The molecule has 0 saturated carbocycles. The fourth-order valence-corrected chi connectivity index (χ4v) is 2.60. The average Bonchev–Trinajstić information content (AvgIpc) is 2.70. The van der Waals surface area contributed by atoms with Crippen LogP contribution < -0.4 is 5.73 Å². The molecule has 0 bridgehead atoms. The minimum absolute atomic E-state index is 0.135. The molecule has 0 aliphatic rings. The third-order valence-electron chi connectivity index (χ3n) is 2.56. The van der Waals surface area contributed by atoms with Gasteiger partial charge in [-0.05, 0) is 31.0 Å². The lowest BCUT2D eigenvalue weighted by Crippen LogP contribution is -2.13. The summed E-state index contributed by atoms with van der Waals surface area (Å²) in [6.07, 6.45) is 0.580. The van der Waals surface area contributed by atoms with Gasteiger partial charge in [0.2, 0.25) is 0 Å². The van der Waals surface area contributed by atoms with Crippen LogP contribution in [0.25, 0.3) is 0 Å². The second-order valence-electron chi connectivity index (χ2n) is 3.86. The van der Waals surface area contributed by atoms with Crippen molar-refractivity contribution >= 4 is 22.9 Å². The Bertz CT molecular complexity index is 527. The summed E-state index contributed by atoms with van der Waals surface area (Å²) in [5.41, 5.74) is 9.63. The van der Waals surface area contributed by atoms with E-state index in [-0.39, 0.29) is 11.1 Å². The van der Waals surface area contributed by atoms with Crippen LogP contribution in [0.1, 0.15) is 22.2 Å². The zero-order valence-corrected chi connectivity index (χ0v) is 10.9. The number of aromatic nitrogens is 1. The van der Waals surface area contributed by atoms with Crippen LogP contribution in [0.2, 0.25) is 5.02 Å². The van der Waals surface area contributed by atoms with Gasteiger partial charge in [0.05, 0.1) is 16.2 Å². The zero-order chi connectivity index (χ0) is 12.4. The first kappa shape index (κ1) is 12.5. The first-order valence-corrected chi connectivity index (χ1v) is 6.43. The summed E-state index contributed by atoms with van der Waals surface area (Å²) in [5.74, 6) is -0.405. The summed E-state index contributed by atoms with van der Waals surface area (Å²) in [7, 11) is 0. The minimum Gasteiger partial charge on any atom is -0.323 e. The standard InChI is InChI=1S/C12H12ClFN2S/c1-7-12(17-6-16-7)11(15)5-8-2-3-9(13)10(14)4-8/h2-4,6,11H,5,15H2,1H3. The molecule has 90 valence electrons. The predicted octanol–water partition coefficient (Wildman–Crippen LogP) is 3.49. The largest absolute Gasteiger partial charge is 0.323 e. The highest BCUT2D eigenvalue weighted by atomic mass is 35.5. The van der Waals surface area contributed by atoms with Gasteiger partial charge in [-0.25, -0.2) is 9.37 Å². The van der Waals surface area contributed by atoms with E-state index in [2.05, 4.69) is 4.98 Å². The Kier molecular flexibility index (Phi) is 3.76. The number of aryl methyl sites for hydroxylation is 1. The lowest BCUT2D eigenvalue weighted by atomic mass is 10.0. The number of nitrogens with zero attached hydrogens (tertiary/aromatic N) is 1. The molecule has 0 radical (unpaired) electrons. The van der Waals surface area contributed by atoms with Gasteiger partial charge in [-0.3, -0.25) is 0 Å². The summed E-state index contributed by atoms with van der Waals surface area (Å²) in [4.78, 5) is 5.20. The molecule has 2 N–H and O–H groups in total. The molecule has 1 atom stereocenters. The van der Waals surface area contributed by atoms with Gasteiger partial charge in [0.15, 0.2) is 0 Å². The molecule has 0 aliphatic heterocycles. The maximum Gasteiger partial charge on any atom is 0.142 e. The molecule has 5 heteroatoms. The SMILES string of the molecule is Cc1ncsc1C(N)Cc1ccc(Cl)c(F)c1. The van der Waals surface area contributed by atoms with E-state index in [1.54, 1.807) is 17.6 Å². The molecule has 1 aromatic carbocycles. The molecular weight excluding hydrogens is 259 g/mol. The number of halogens is 2. The average molecular weight is 271 g/mol. The Morgan fingerprint density at radius 2 is 2.29 bits per heavy atom. The second kappa shape index (κ2) is 5.12. The molecule has 2 aromatic rings. The number of hydrogen-bond acceptors (Lipinski definition) is 3. The summed E-state index contributed by atoms with van der Waals surface area (Å²) in [6.45, 7) is 1.92. The smallest absolute Gasteiger partial charge is 0.142 e. The molecule has 1 heterocycles. The van der Waals surface area contributed by atoms with Crippen molar-refractivity contribution in [1.29, 1.82) is 0 Å². The zero-order valence-electron chi connectivity index (χ0n) is 9.28. The number of rotatable bonds is 3. The molecular formula is C12H12ClFN2S. The molecule has 2 nitrogen and oxygen atoms in total. The molecule has 0 fully saturated rings. The summed E-state index contributed by atoms with van der Waals surface area (Å²) in [5, 5.41) is 0.135. The Hall–Kier alpha value is -0.970. The summed E-state index contributed by atoms with van der Waals surface area (Å²) in [6, 6.07) is 4.63. The first-order valence-electron chi connectivity index (χ1n) is 5.17. The molecule has 0 saturated heterocycles. The fourth-order valence-electron chi connectivity index (χ4n) is 1.68. The van der Waals surface area contributed by atoms with Crippen molar-refractivity contribution in [1.82, 2.24) is 4.98 Å². The highest BCUT2D eigenvalue weighted by molar-refractivity contribution is 7.09. The summed E-state index contributed by atoms with van der Waals surface area (Å²) < 4.78 is 13.3. The van der Waals surface area contributed by atoms with Crippen LogP contribution in [-0.4, -0.2) is 4.98 Å². The van der Waals surface area contributed by atoms with Crippen molar-refractivity contribution in [3.63, 3.8) is 0 Å². The van der Waals surface area contributed by atoms with Crippen molar-refractivity contribution < 1.29 is 4.39 Å². The van der Waals surface area contributed by atoms with E-state index in [1.165, 1.54) is 17.4 Å². The van der Waals surface area contributed by atoms with Crippen molar-refractivity contribution in [3.8, 4) is 0 Å². The van der Waals surface area contributed by atoms with E-state index in [9.17, 15) is 4.39 Å². The number of thiazole rings is 1. The van der Waals surface area contributed by atoms with Crippen molar-refractivity contribution in [2.75, 3.05) is 0 Å². The van der Waals surface area contributed by atoms with E-state index in [0.29, 0.717) is 6.42 Å². The van der Waals surface area contributed by atoms with E-state index in [1.807, 2.05) is 6.92 Å². The van der Waals surface area contributed by atoms with Gasteiger partial charge in [-0.15, -0.1) is 11.3 Å². The predicted molar refractivity (Wildman–Crippen MR) is 68.9 cm³/mol. The third kappa shape index (κ3) is 2.83. The van der Waals surface area contributed by atoms with Gasteiger partial charge in [0, 0.05) is 10.9 Å². The van der Waals surface area contributed by atoms with E-state index >= 15 is 0 Å². The third-order valence-corrected chi connectivity index (χ3v) is 3.93. The molecule has 1 unspecified atom stereocenters. The maximum absolute atomic E-state index is 13.3. The van der Waals surface area contributed by atoms with E-state index < -0.39 is 5.82 Å². The van der Waals surface area contributed by atoms with Crippen molar-refractivity contribution in [2.24, 2.45) is 5.73 Å². The Morgan fingerprint density at radius 1 is 1.53 bits per heavy atom. The minimum atomic E-state index is -0.405. The van der Waals surface area contributed by atoms with Gasteiger partial charge in [0.25, 0.3) is 0 Å². The van der Waals surface area contributed by atoms with Crippen LogP contribution >= 0.6 is 22.9 Å². The quantitative estimate of drug-likeness (QED) is 0.927. The second-order valence-corrected chi connectivity index (χ2v) is 5.15. The Labute approximate surface area is 108 Å². The van der Waals surface area contributed by atoms with Crippen LogP contribution in [0.3, 0.4) is 0 Å². The molecule has 17 heavy (non-hydrogen) atoms. The topological polar surface area (TPSA) is 38.9 Å². The molecule has 1 aromatic heterocycles. The lowest BCUT2D eigenvalue weighted by molar-refractivity contribution is 0.622. The fraction of sp³-hybridized carbons (Fsp3) is 0.250. The van der Waals surface area contributed by atoms with Crippen LogP contribution in [0.5, 0.6) is 0 Å². The van der Waals surface area contributed by atoms with E-state index in [4.69, 9.17) is 17.3 Å². The number of hydrogen-bond donors (Lipinski definition) is 1. The Morgan fingerprint density at radius 3 is 2.88 bits per heavy atom. The van der Waals surface area contributed by atoms with Crippen LogP contribution in [-0.2, 0) is 6.42 Å². The maximum atomic E-state index is 13.3. The highest BCUT2D eigenvalue weighted by Gasteiger charge is 2.13. The van der Waals surface area contributed by atoms with E-state index in [0.717, 1.165) is 16.1 Å². The molecule has 0 spiro atoms. The van der Waals surface area contributed by atoms with Crippen LogP contribution in [0.15, 0.2) is 23.7 Å². The van der Waals surface area contributed by atoms with Gasteiger partial charge < -0.3 is 5.73 Å². The van der Waals surface area contributed by atoms with Crippen molar-refractivity contribution in [3.05, 3.63) is 50.7 Å². The van der Waals surface area contributed by atoms with Gasteiger partial charge >= 0.3 is 0 Å². The molecule has 0 amide bonds. The Balaban J connectivity index is 2.16.